The summed E-state index contributed by atoms with van der Waals surface area (Å²) in [5.74, 6) is 1.77. The summed E-state index contributed by atoms with van der Waals surface area (Å²) >= 11 is 0. The second-order valence-electron chi connectivity index (χ2n) is 6.48. The molecule has 0 aromatic heterocycles. The van der Waals surface area contributed by atoms with Gasteiger partial charge in [0.15, 0.2) is 5.54 Å². The van der Waals surface area contributed by atoms with Crippen molar-refractivity contribution in [3.05, 3.63) is 23.8 Å². The fourth-order valence-electron chi connectivity index (χ4n) is 1.93. The lowest BCUT2D eigenvalue weighted by atomic mass is 10.0. The Balaban J connectivity index is 0.00000110. The average molecular weight is 446 g/mol. The molecule has 0 heterocycles. The third-order valence-electron chi connectivity index (χ3n) is 3.60. The van der Waals surface area contributed by atoms with Gasteiger partial charge >= 0.3 is 18.1 Å². The molecule has 1 rings (SSSR count). The smallest absolute Gasteiger partial charge is 0.490 e. The number of rotatable bonds is 6. The van der Waals surface area contributed by atoms with Gasteiger partial charge in [0.2, 0.25) is 5.91 Å². The van der Waals surface area contributed by atoms with Crippen molar-refractivity contribution in [3.8, 4) is 17.6 Å². The molecule has 0 aliphatic rings. The van der Waals surface area contributed by atoms with E-state index < -0.39 is 23.7 Å². The van der Waals surface area contributed by atoms with Gasteiger partial charge in [0.25, 0.3) is 0 Å². The summed E-state index contributed by atoms with van der Waals surface area (Å²) in [6.45, 7) is 3.51. The molecule has 31 heavy (non-hydrogen) atoms. The maximum absolute atomic E-state index is 11.9. The number of carbonyl (C=O) groups is 3. The van der Waals surface area contributed by atoms with E-state index in [9.17, 15) is 27.9 Å². The number of anilines is 1. The number of phenols is 1. The summed E-state index contributed by atoms with van der Waals surface area (Å²) in [5, 5.41) is 19.6. The number of esters is 1. The van der Waals surface area contributed by atoms with E-state index in [1.807, 2.05) is 0 Å². The minimum atomic E-state index is -5.08. The van der Waals surface area contributed by atoms with Crippen LogP contribution in [0.15, 0.2) is 18.2 Å². The number of nitrogens with one attached hydrogen (secondary N) is 1. The number of phenolic OH excluding ortho intramolecular Hbond substituents is 1. The third-order valence-corrected chi connectivity index (χ3v) is 3.60. The summed E-state index contributed by atoms with van der Waals surface area (Å²) in [6.07, 6.45) is -1.88. The van der Waals surface area contributed by atoms with Gasteiger partial charge < -0.3 is 26.0 Å². The fraction of sp³-hybridized carbons (Fsp3) is 0.450. The minimum Gasteiger partial charge on any atom is -0.506 e. The molecule has 0 saturated heterocycles. The van der Waals surface area contributed by atoms with E-state index in [1.165, 1.54) is 26.2 Å². The number of halogens is 3. The molecule has 0 bridgehead atoms. The number of carboxylic acid groups (broad SMARTS) is 1. The second-order valence-corrected chi connectivity index (χ2v) is 6.48. The molecule has 0 radical (unpaired) electrons. The first kappa shape index (κ1) is 27.7. The summed E-state index contributed by atoms with van der Waals surface area (Å²) in [6, 6.07) is 4.54. The summed E-state index contributed by atoms with van der Waals surface area (Å²) in [7, 11) is 1.24. The van der Waals surface area contributed by atoms with Crippen molar-refractivity contribution in [2.75, 3.05) is 12.4 Å². The van der Waals surface area contributed by atoms with Crippen LogP contribution < -0.4 is 11.1 Å². The van der Waals surface area contributed by atoms with Gasteiger partial charge in [0.1, 0.15) is 5.75 Å². The van der Waals surface area contributed by atoms with E-state index in [4.69, 9.17) is 15.6 Å². The highest BCUT2D eigenvalue weighted by atomic mass is 19.4. The first-order chi connectivity index (χ1) is 14.2. The molecular formula is C20H25F3N2O6. The van der Waals surface area contributed by atoms with Gasteiger partial charge in [-0.15, -0.1) is 0 Å². The maximum atomic E-state index is 11.9. The summed E-state index contributed by atoms with van der Waals surface area (Å²) in [4.78, 5) is 32.3. The fourth-order valence-corrected chi connectivity index (χ4v) is 1.93. The van der Waals surface area contributed by atoms with Gasteiger partial charge in [-0.25, -0.2) is 9.59 Å². The van der Waals surface area contributed by atoms with Crippen LogP contribution in [0.5, 0.6) is 5.75 Å². The van der Waals surface area contributed by atoms with E-state index in [1.54, 1.807) is 6.07 Å². The maximum Gasteiger partial charge on any atom is 0.490 e. The van der Waals surface area contributed by atoms with Crippen LogP contribution in [0, 0.1) is 11.8 Å². The van der Waals surface area contributed by atoms with Gasteiger partial charge in [-0.1, -0.05) is 31.6 Å². The quantitative estimate of drug-likeness (QED) is 0.228. The summed E-state index contributed by atoms with van der Waals surface area (Å²) in [5.41, 5.74) is 5.12. The number of aliphatic carboxylic acids is 1. The number of amides is 1. The molecule has 0 fully saturated rings. The van der Waals surface area contributed by atoms with Crippen LogP contribution in [-0.4, -0.2) is 46.9 Å². The van der Waals surface area contributed by atoms with Crippen molar-refractivity contribution in [2.45, 2.75) is 51.2 Å². The largest absolute Gasteiger partial charge is 0.506 e. The number of carbonyl (C=O) groups excluding carboxylic acids is 2. The molecule has 8 nitrogen and oxygen atoms in total. The Morgan fingerprint density at radius 2 is 1.81 bits per heavy atom. The predicted octanol–water partition coefficient (Wildman–Crippen LogP) is 2.79. The van der Waals surface area contributed by atoms with E-state index in [2.05, 4.69) is 28.8 Å². The summed E-state index contributed by atoms with van der Waals surface area (Å²) < 4.78 is 36.3. The number of carboxylic acids is 1. The lowest BCUT2D eigenvalue weighted by Gasteiger charge is -2.13. The number of unbranched alkanes of at least 4 members (excludes halogenated alkanes) is 2. The molecule has 11 heteroatoms. The zero-order chi connectivity index (χ0) is 24.2. The van der Waals surface area contributed by atoms with E-state index >= 15 is 0 Å². The van der Waals surface area contributed by atoms with Crippen LogP contribution in [0.1, 0.15) is 45.1 Å². The van der Waals surface area contributed by atoms with Gasteiger partial charge in [-0.2, -0.15) is 13.2 Å². The molecule has 0 saturated carbocycles. The highest BCUT2D eigenvalue weighted by Crippen LogP contribution is 2.24. The Labute approximate surface area is 177 Å². The van der Waals surface area contributed by atoms with Crippen LogP contribution in [0.4, 0.5) is 18.9 Å². The van der Waals surface area contributed by atoms with Crippen molar-refractivity contribution in [1.29, 1.82) is 0 Å². The molecule has 1 amide bonds. The molecule has 0 aliphatic heterocycles. The molecule has 5 N–H and O–H groups in total. The Kier molecular flexibility index (Phi) is 11.1. The Hall–Kier alpha value is -3.26. The van der Waals surface area contributed by atoms with Crippen LogP contribution in [-0.2, 0) is 19.1 Å². The van der Waals surface area contributed by atoms with Crippen molar-refractivity contribution in [2.24, 2.45) is 5.73 Å². The second kappa shape index (κ2) is 12.4. The van der Waals surface area contributed by atoms with E-state index in [-0.39, 0.29) is 17.3 Å². The Morgan fingerprint density at radius 3 is 2.29 bits per heavy atom. The monoisotopic (exact) mass is 446 g/mol. The Bertz CT molecular complexity index is 842. The van der Waals surface area contributed by atoms with Crippen LogP contribution in [0.2, 0.25) is 0 Å². The zero-order valence-electron chi connectivity index (χ0n) is 17.3. The van der Waals surface area contributed by atoms with E-state index in [0.29, 0.717) is 12.0 Å². The Morgan fingerprint density at radius 1 is 1.23 bits per heavy atom. The number of ether oxygens (including phenoxy) is 1. The highest BCUT2D eigenvalue weighted by molar-refractivity contribution is 5.92. The van der Waals surface area contributed by atoms with Crippen molar-refractivity contribution < 1.29 is 42.5 Å². The number of nitrogens with two attached hydrogens (primary N) is 1. The van der Waals surface area contributed by atoms with Gasteiger partial charge in [0, 0.05) is 12.0 Å². The molecular weight excluding hydrogens is 421 g/mol. The molecule has 0 unspecified atom stereocenters. The molecule has 1 aromatic rings. The topological polar surface area (TPSA) is 139 Å². The lowest BCUT2D eigenvalue weighted by Crippen LogP contribution is -2.44. The first-order valence-corrected chi connectivity index (χ1v) is 9.08. The predicted molar refractivity (Wildman–Crippen MR) is 106 cm³/mol. The average Bonchev–Trinajstić information content (AvgIpc) is 2.67. The molecule has 1 atom stereocenters. The minimum absolute atomic E-state index is 0.0483. The number of benzene rings is 1. The normalized spacial score (nSPS) is 12.2. The lowest BCUT2D eigenvalue weighted by molar-refractivity contribution is -0.192. The van der Waals surface area contributed by atoms with Crippen LogP contribution in [0.25, 0.3) is 0 Å². The molecule has 0 spiro atoms. The van der Waals surface area contributed by atoms with Crippen molar-refractivity contribution >= 4 is 23.5 Å². The van der Waals surface area contributed by atoms with Gasteiger partial charge in [0.05, 0.1) is 12.8 Å². The van der Waals surface area contributed by atoms with E-state index in [0.717, 1.165) is 19.3 Å². The van der Waals surface area contributed by atoms with Crippen molar-refractivity contribution in [3.63, 3.8) is 0 Å². The molecule has 0 aliphatic carbocycles. The van der Waals surface area contributed by atoms with Crippen molar-refractivity contribution in [1.82, 2.24) is 0 Å². The first-order valence-electron chi connectivity index (χ1n) is 9.08. The zero-order valence-corrected chi connectivity index (χ0v) is 17.3. The molecule has 1 aromatic carbocycles. The number of aromatic hydroxyl groups is 1. The van der Waals surface area contributed by atoms with Crippen LogP contribution in [0.3, 0.4) is 0 Å². The highest BCUT2D eigenvalue weighted by Gasteiger charge is 2.38. The SMILES string of the molecule is CCCCCC(=O)Nc1cc(C#C[C@@](C)(N)C(=O)OC)ccc1O.O=C(O)C(F)(F)F. The number of methoxy groups -OCH3 is 1. The number of hydrogen-bond acceptors (Lipinski definition) is 6. The number of hydrogen-bond donors (Lipinski definition) is 4. The molecule has 172 valence electrons. The third kappa shape index (κ3) is 10.9. The standard InChI is InChI=1S/C18H24N2O4.C2HF3O2/c1-4-5-6-7-16(22)20-14-12-13(8-9-15(14)21)10-11-18(2,19)17(23)24-3;3-2(4,5)1(6)7/h8-9,12,21H,4-7,19H2,1-3H3,(H,20,22);(H,6,7)/t18-;/m1./s1. The van der Waals surface area contributed by atoms with Crippen LogP contribution >= 0.6 is 0 Å². The van der Waals surface area contributed by atoms with Gasteiger partial charge in [-0.3, -0.25) is 4.79 Å². The van der Waals surface area contributed by atoms with Gasteiger partial charge in [-0.05, 0) is 31.5 Å². The number of alkyl halides is 3.